The summed E-state index contributed by atoms with van der Waals surface area (Å²) in [7, 11) is 1.12. The van der Waals surface area contributed by atoms with Crippen molar-refractivity contribution in [3.05, 3.63) is 23.2 Å². The van der Waals surface area contributed by atoms with Crippen LogP contribution in [0.3, 0.4) is 0 Å². The van der Waals surface area contributed by atoms with Crippen LogP contribution in [0.2, 0.25) is 5.02 Å². The van der Waals surface area contributed by atoms with Gasteiger partial charge in [0.1, 0.15) is 10.6 Å². The molecule has 0 aliphatic heterocycles. The van der Waals surface area contributed by atoms with Crippen molar-refractivity contribution in [1.29, 1.82) is 0 Å². The minimum Gasteiger partial charge on any atom is -0.495 e. The molecule has 0 spiro atoms. The molecule has 0 saturated carbocycles. The third-order valence-corrected chi connectivity index (χ3v) is 4.40. The Balaban J connectivity index is 2.69. The van der Waals surface area contributed by atoms with Gasteiger partial charge in [0.15, 0.2) is 0 Å². The number of nitrogens with zero attached hydrogens (tertiary/aromatic N) is 1. The number of methoxy groups -OCH3 is 1. The second-order valence-corrected chi connectivity index (χ2v) is 6.25. The first-order chi connectivity index (χ1) is 9.40. The normalized spacial score (nSPS) is 11.8. The molecule has 8 heteroatoms. The Morgan fingerprint density at radius 1 is 1.35 bits per heavy atom. The molecule has 1 aromatic carbocycles. The molecule has 6 nitrogen and oxygen atoms in total. The number of halogens is 1. The SMILES string of the molecule is COc1cc(Cl)ccc1S(=O)(=O)NCCCN(C)OC. The Morgan fingerprint density at radius 3 is 2.65 bits per heavy atom. The Morgan fingerprint density at radius 2 is 2.05 bits per heavy atom. The summed E-state index contributed by atoms with van der Waals surface area (Å²) >= 11 is 5.81. The van der Waals surface area contributed by atoms with Gasteiger partial charge in [0, 0.05) is 31.2 Å². The lowest BCUT2D eigenvalue weighted by Crippen LogP contribution is -2.28. The maximum absolute atomic E-state index is 12.2. The molecule has 20 heavy (non-hydrogen) atoms. The van der Waals surface area contributed by atoms with Gasteiger partial charge < -0.3 is 9.57 Å². The molecule has 0 aromatic heterocycles. The standard InChI is InChI=1S/C12H19ClN2O4S/c1-15(19-3)8-4-7-14-20(16,17)12-6-5-10(13)9-11(12)18-2/h5-6,9,14H,4,7-8H2,1-3H3. The van der Waals surface area contributed by atoms with Gasteiger partial charge in [-0.05, 0) is 18.6 Å². The first-order valence-electron chi connectivity index (χ1n) is 5.99. The molecule has 0 heterocycles. The summed E-state index contributed by atoms with van der Waals surface area (Å²) in [5.41, 5.74) is 0. The van der Waals surface area contributed by atoms with Crippen molar-refractivity contribution in [3.8, 4) is 5.75 Å². The van der Waals surface area contributed by atoms with E-state index in [1.54, 1.807) is 19.2 Å². The second kappa shape index (κ2) is 7.80. The van der Waals surface area contributed by atoms with Crippen molar-refractivity contribution < 1.29 is 18.0 Å². The second-order valence-electron chi connectivity index (χ2n) is 4.08. The number of nitrogens with one attached hydrogen (secondary N) is 1. The van der Waals surface area contributed by atoms with Crippen molar-refractivity contribution >= 4 is 21.6 Å². The molecule has 0 saturated heterocycles. The summed E-state index contributed by atoms with van der Waals surface area (Å²) in [5.74, 6) is 0.221. The monoisotopic (exact) mass is 322 g/mol. The van der Waals surface area contributed by atoms with Gasteiger partial charge in [-0.3, -0.25) is 0 Å². The fraction of sp³-hybridized carbons (Fsp3) is 0.500. The molecule has 0 amide bonds. The third-order valence-electron chi connectivity index (χ3n) is 2.67. The van der Waals surface area contributed by atoms with Gasteiger partial charge in [0.25, 0.3) is 0 Å². The van der Waals surface area contributed by atoms with Crippen molar-refractivity contribution in [1.82, 2.24) is 9.79 Å². The van der Waals surface area contributed by atoms with Crippen molar-refractivity contribution in [2.75, 3.05) is 34.4 Å². The van der Waals surface area contributed by atoms with Crippen LogP contribution < -0.4 is 9.46 Å². The average Bonchev–Trinajstić information content (AvgIpc) is 2.42. The highest BCUT2D eigenvalue weighted by Gasteiger charge is 2.19. The summed E-state index contributed by atoms with van der Waals surface area (Å²) in [5, 5.41) is 2.04. The summed E-state index contributed by atoms with van der Waals surface area (Å²) in [4.78, 5) is 5.01. The Hall–Kier alpha value is -0.860. The number of sulfonamides is 1. The number of rotatable bonds is 8. The molecule has 0 aliphatic rings. The summed E-state index contributed by atoms with van der Waals surface area (Å²) in [6.07, 6.45) is 0.624. The fourth-order valence-corrected chi connectivity index (χ4v) is 2.93. The maximum Gasteiger partial charge on any atom is 0.244 e. The van der Waals surface area contributed by atoms with Crippen LogP contribution in [0.25, 0.3) is 0 Å². The zero-order chi connectivity index (χ0) is 15.2. The van der Waals surface area contributed by atoms with E-state index in [0.29, 0.717) is 24.5 Å². The number of ether oxygens (including phenoxy) is 1. The van der Waals surface area contributed by atoms with E-state index in [0.717, 1.165) is 0 Å². The van der Waals surface area contributed by atoms with Crippen molar-refractivity contribution in [2.24, 2.45) is 0 Å². The van der Waals surface area contributed by atoms with Gasteiger partial charge >= 0.3 is 0 Å². The number of hydrogen-bond acceptors (Lipinski definition) is 5. The number of hydrogen-bond donors (Lipinski definition) is 1. The van der Waals surface area contributed by atoms with Crippen LogP contribution in [0.1, 0.15) is 6.42 Å². The molecule has 0 atom stereocenters. The van der Waals surface area contributed by atoms with E-state index in [9.17, 15) is 8.42 Å². The highest BCUT2D eigenvalue weighted by Crippen LogP contribution is 2.26. The Bertz CT molecular complexity index is 536. The van der Waals surface area contributed by atoms with Crippen LogP contribution in [0.15, 0.2) is 23.1 Å². The van der Waals surface area contributed by atoms with Gasteiger partial charge in [0.2, 0.25) is 10.0 Å². The molecule has 0 fully saturated rings. The van der Waals surface area contributed by atoms with Crippen LogP contribution in [0.5, 0.6) is 5.75 Å². The van der Waals surface area contributed by atoms with Crippen LogP contribution in [0.4, 0.5) is 0 Å². The third kappa shape index (κ3) is 4.92. The van der Waals surface area contributed by atoms with Crippen molar-refractivity contribution in [2.45, 2.75) is 11.3 Å². The zero-order valence-electron chi connectivity index (χ0n) is 11.7. The first-order valence-corrected chi connectivity index (χ1v) is 7.85. The molecule has 0 radical (unpaired) electrons. The first kappa shape index (κ1) is 17.2. The van der Waals surface area contributed by atoms with Crippen LogP contribution in [0, 0.1) is 0 Å². The molecule has 1 rings (SSSR count). The summed E-state index contributed by atoms with van der Waals surface area (Å²) in [6.45, 7) is 0.929. The van der Waals surface area contributed by atoms with Gasteiger partial charge in [-0.2, -0.15) is 5.06 Å². The minimum absolute atomic E-state index is 0.0736. The zero-order valence-corrected chi connectivity index (χ0v) is 13.3. The molecule has 0 unspecified atom stereocenters. The molecule has 1 N–H and O–H groups in total. The molecular formula is C12H19ClN2O4S. The average molecular weight is 323 g/mol. The van der Waals surface area contributed by atoms with Crippen LogP contribution in [-0.2, 0) is 14.9 Å². The molecule has 114 valence electrons. The molecular weight excluding hydrogens is 304 g/mol. The predicted molar refractivity (Wildman–Crippen MR) is 77.4 cm³/mol. The van der Waals surface area contributed by atoms with Crippen LogP contribution in [-0.4, -0.2) is 47.8 Å². The van der Waals surface area contributed by atoms with E-state index in [1.807, 2.05) is 0 Å². The highest BCUT2D eigenvalue weighted by atomic mass is 35.5. The maximum atomic E-state index is 12.2. The van der Waals surface area contributed by atoms with Gasteiger partial charge in [-0.1, -0.05) is 11.6 Å². The Kier molecular flexibility index (Phi) is 6.70. The molecule has 0 aliphatic carbocycles. The quantitative estimate of drug-likeness (QED) is 0.580. The van der Waals surface area contributed by atoms with E-state index in [4.69, 9.17) is 21.2 Å². The highest BCUT2D eigenvalue weighted by molar-refractivity contribution is 7.89. The van der Waals surface area contributed by atoms with Gasteiger partial charge in [0.05, 0.1) is 14.2 Å². The minimum atomic E-state index is -3.62. The summed E-state index contributed by atoms with van der Waals surface area (Å²) < 4.78 is 31.9. The molecule has 0 bridgehead atoms. The van der Waals surface area contributed by atoms with Gasteiger partial charge in [-0.15, -0.1) is 0 Å². The van der Waals surface area contributed by atoms with E-state index in [2.05, 4.69) is 4.72 Å². The number of benzene rings is 1. The van der Waals surface area contributed by atoms with E-state index < -0.39 is 10.0 Å². The van der Waals surface area contributed by atoms with Crippen molar-refractivity contribution in [3.63, 3.8) is 0 Å². The fourth-order valence-electron chi connectivity index (χ4n) is 1.54. The lowest BCUT2D eigenvalue weighted by molar-refractivity contribution is -0.109. The largest absolute Gasteiger partial charge is 0.495 e. The van der Waals surface area contributed by atoms with E-state index >= 15 is 0 Å². The lowest BCUT2D eigenvalue weighted by atomic mass is 10.3. The van der Waals surface area contributed by atoms with E-state index in [-0.39, 0.29) is 10.6 Å². The number of hydroxylamine groups is 2. The van der Waals surface area contributed by atoms with Gasteiger partial charge in [-0.25, -0.2) is 13.1 Å². The smallest absolute Gasteiger partial charge is 0.244 e. The molecule has 1 aromatic rings. The lowest BCUT2D eigenvalue weighted by Gasteiger charge is -2.14. The van der Waals surface area contributed by atoms with E-state index in [1.165, 1.54) is 25.3 Å². The topological polar surface area (TPSA) is 67.9 Å². The predicted octanol–water partition coefficient (Wildman–Crippen LogP) is 1.51. The summed E-state index contributed by atoms with van der Waals surface area (Å²) in [6, 6.07) is 4.40. The van der Waals surface area contributed by atoms with Crippen LogP contribution >= 0.6 is 11.6 Å². The Labute approximate surface area is 124 Å².